The predicted octanol–water partition coefficient (Wildman–Crippen LogP) is 0.645. The summed E-state index contributed by atoms with van der Waals surface area (Å²) in [6.45, 7) is 1.42. The minimum atomic E-state index is 0.00988. The monoisotopic (exact) mass is 253 g/mol. The Kier molecular flexibility index (Phi) is 4.38. The summed E-state index contributed by atoms with van der Waals surface area (Å²) in [5, 5.41) is 20.4. The molecule has 0 saturated heterocycles. The number of nitrogens with zero attached hydrogens (tertiary/aromatic N) is 1. The Labute approximate surface area is 104 Å². The first-order chi connectivity index (χ1) is 8.85. The minimum absolute atomic E-state index is 0.00988. The number of fused-ring (bicyclic) bond motifs is 1. The first-order valence-corrected chi connectivity index (χ1v) is 5.64. The molecule has 0 bridgehead atoms. The molecule has 1 heterocycles. The van der Waals surface area contributed by atoms with Crippen LogP contribution in [-0.2, 0) is 4.74 Å². The lowest BCUT2D eigenvalue weighted by molar-refractivity contribution is 0.0705. The summed E-state index contributed by atoms with van der Waals surface area (Å²) in [4.78, 5) is 0. The van der Waals surface area contributed by atoms with Gasteiger partial charge >= 0.3 is 0 Å². The van der Waals surface area contributed by atoms with Crippen molar-refractivity contribution < 1.29 is 24.5 Å². The van der Waals surface area contributed by atoms with Crippen LogP contribution in [0.5, 0.6) is 11.5 Å². The molecule has 1 aliphatic rings. The maximum Gasteiger partial charge on any atom is 0.134 e. The average molecular weight is 253 g/mol. The molecule has 2 N–H and O–H groups in total. The van der Waals surface area contributed by atoms with Gasteiger partial charge in [0.2, 0.25) is 0 Å². The van der Waals surface area contributed by atoms with Gasteiger partial charge in [0, 0.05) is 11.6 Å². The number of ether oxygens (including phenoxy) is 3. The van der Waals surface area contributed by atoms with E-state index in [4.69, 9.17) is 24.5 Å². The molecule has 1 aromatic rings. The van der Waals surface area contributed by atoms with Crippen molar-refractivity contribution in [2.45, 2.75) is 0 Å². The molecular weight excluding hydrogens is 238 g/mol. The summed E-state index contributed by atoms with van der Waals surface area (Å²) >= 11 is 0. The number of benzene rings is 1. The molecule has 0 spiro atoms. The van der Waals surface area contributed by atoms with Crippen molar-refractivity contribution in [2.24, 2.45) is 5.16 Å². The Morgan fingerprint density at radius 3 is 2.94 bits per heavy atom. The molecule has 0 aliphatic carbocycles. The van der Waals surface area contributed by atoms with Gasteiger partial charge in [-0.3, -0.25) is 0 Å². The normalized spacial score (nSPS) is 15.5. The predicted molar refractivity (Wildman–Crippen MR) is 63.7 cm³/mol. The van der Waals surface area contributed by atoms with E-state index in [2.05, 4.69) is 5.16 Å². The quantitative estimate of drug-likeness (QED) is 0.442. The van der Waals surface area contributed by atoms with Crippen molar-refractivity contribution in [3.8, 4) is 11.5 Å². The Morgan fingerprint density at radius 2 is 2.17 bits per heavy atom. The molecule has 0 saturated carbocycles. The van der Waals surface area contributed by atoms with Gasteiger partial charge in [0.25, 0.3) is 0 Å². The molecule has 1 aliphatic heterocycles. The summed E-state index contributed by atoms with van der Waals surface area (Å²) in [6, 6.07) is 5.32. The highest BCUT2D eigenvalue weighted by Gasteiger charge is 2.20. The standard InChI is InChI=1S/C12H15NO5/c14-3-4-16-5-6-17-9-1-2-10-11(13-15)8-18-12(10)7-9/h1-2,7,14-15H,3-6,8H2. The van der Waals surface area contributed by atoms with Gasteiger partial charge in [-0.05, 0) is 12.1 Å². The van der Waals surface area contributed by atoms with Gasteiger partial charge in [-0.15, -0.1) is 0 Å². The van der Waals surface area contributed by atoms with Crippen LogP contribution in [0, 0.1) is 0 Å². The molecule has 6 heteroatoms. The molecule has 18 heavy (non-hydrogen) atoms. The number of aliphatic hydroxyl groups is 1. The van der Waals surface area contributed by atoms with E-state index < -0.39 is 0 Å². The Hall–Kier alpha value is -1.79. The van der Waals surface area contributed by atoms with Crippen molar-refractivity contribution in [3.63, 3.8) is 0 Å². The zero-order valence-corrected chi connectivity index (χ0v) is 9.83. The third-order valence-electron chi connectivity index (χ3n) is 2.48. The second kappa shape index (κ2) is 6.23. The molecule has 0 unspecified atom stereocenters. The lowest BCUT2D eigenvalue weighted by Gasteiger charge is -2.07. The van der Waals surface area contributed by atoms with Gasteiger partial charge in [0.05, 0.1) is 19.8 Å². The molecule has 0 radical (unpaired) electrons. The van der Waals surface area contributed by atoms with Crippen LogP contribution in [0.4, 0.5) is 0 Å². The van der Waals surface area contributed by atoms with Crippen LogP contribution in [0.25, 0.3) is 0 Å². The summed E-state index contributed by atoms with van der Waals surface area (Å²) in [5.41, 5.74) is 1.30. The van der Waals surface area contributed by atoms with Crippen LogP contribution in [0.3, 0.4) is 0 Å². The van der Waals surface area contributed by atoms with Crippen LogP contribution in [0.1, 0.15) is 5.56 Å². The fraction of sp³-hybridized carbons (Fsp3) is 0.417. The number of oxime groups is 1. The van der Waals surface area contributed by atoms with Gasteiger partial charge < -0.3 is 24.5 Å². The Bertz CT molecular complexity index is 432. The summed E-state index contributed by atoms with van der Waals surface area (Å²) in [6.07, 6.45) is 0. The van der Waals surface area contributed by atoms with E-state index in [0.717, 1.165) is 5.56 Å². The second-order valence-electron chi connectivity index (χ2n) is 3.68. The number of hydrogen-bond donors (Lipinski definition) is 2. The second-order valence-corrected chi connectivity index (χ2v) is 3.68. The molecule has 98 valence electrons. The lowest BCUT2D eigenvalue weighted by Crippen LogP contribution is -2.09. The van der Waals surface area contributed by atoms with Crippen molar-refractivity contribution in [1.82, 2.24) is 0 Å². The first-order valence-electron chi connectivity index (χ1n) is 5.64. The van der Waals surface area contributed by atoms with Crippen LogP contribution in [0.15, 0.2) is 23.4 Å². The molecule has 0 atom stereocenters. The lowest BCUT2D eigenvalue weighted by atomic mass is 10.1. The van der Waals surface area contributed by atoms with Gasteiger partial charge in [-0.25, -0.2) is 0 Å². The van der Waals surface area contributed by atoms with Crippen LogP contribution >= 0.6 is 0 Å². The van der Waals surface area contributed by atoms with Crippen LogP contribution < -0.4 is 9.47 Å². The van der Waals surface area contributed by atoms with Crippen LogP contribution in [0.2, 0.25) is 0 Å². The highest BCUT2D eigenvalue weighted by atomic mass is 16.5. The smallest absolute Gasteiger partial charge is 0.134 e. The van der Waals surface area contributed by atoms with E-state index in [9.17, 15) is 0 Å². The highest BCUT2D eigenvalue weighted by molar-refractivity contribution is 6.05. The van der Waals surface area contributed by atoms with E-state index >= 15 is 0 Å². The van der Waals surface area contributed by atoms with Gasteiger partial charge in [0.15, 0.2) is 0 Å². The summed E-state index contributed by atoms with van der Waals surface area (Å²) < 4.78 is 15.9. The largest absolute Gasteiger partial charge is 0.491 e. The Morgan fingerprint density at radius 1 is 1.28 bits per heavy atom. The van der Waals surface area contributed by atoms with Gasteiger partial charge in [0.1, 0.15) is 30.4 Å². The van der Waals surface area contributed by atoms with E-state index in [1.54, 1.807) is 18.2 Å². The fourth-order valence-electron chi connectivity index (χ4n) is 1.64. The number of rotatable bonds is 6. The van der Waals surface area contributed by atoms with E-state index in [-0.39, 0.29) is 13.2 Å². The highest BCUT2D eigenvalue weighted by Crippen LogP contribution is 2.29. The topological polar surface area (TPSA) is 80.5 Å². The van der Waals surface area contributed by atoms with Crippen molar-refractivity contribution in [2.75, 3.05) is 33.0 Å². The summed E-state index contributed by atoms with van der Waals surface area (Å²) in [7, 11) is 0. The van der Waals surface area contributed by atoms with Crippen molar-refractivity contribution in [3.05, 3.63) is 23.8 Å². The minimum Gasteiger partial charge on any atom is -0.491 e. The van der Waals surface area contributed by atoms with Crippen molar-refractivity contribution in [1.29, 1.82) is 0 Å². The summed E-state index contributed by atoms with van der Waals surface area (Å²) in [5.74, 6) is 1.32. The van der Waals surface area contributed by atoms with Gasteiger partial charge in [-0.2, -0.15) is 0 Å². The number of hydrogen-bond acceptors (Lipinski definition) is 6. The van der Waals surface area contributed by atoms with E-state index in [1.807, 2.05) is 0 Å². The third-order valence-corrected chi connectivity index (χ3v) is 2.48. The van der Waals surface area contributed by atoms with Gasteiger partial charge in [-0.1, -0.05) is 5.16 Å². The molecule has 1 aromatic carbocycles. The maximum atomic E-state index is 8.75. The van der Waals surface area contributed by atoms with Crippen LogP contribution in [-0.4, -0.2) is 49.1 Å². The van der Waals surface area contributed by atoms with E-state index in [1.165, 1.54) is 0 Å². The van der Waals surface area contributed by atoms with E-state index in [0.29, 0.717) is 37.0 Å². The first kappa shape index (κ1) is 12.7. The third kappa shape index (κ3) is 2.91. The SMILES string of the molecule is OCCOCCOc1ccc2c(c1)OCC2=NO. The van der Waals surface area contributed by atoms with Crippen molar-refractivity contribution >= 4 is 5.71 Å². The number of aliphatic hydroxyl groups excluding tert-OH is 1. The fourth-order valence-corrected chi connectivity index (χ4v) is 1.64. The zero-order chi connectivity index (χ0) is 12.8. The molecule has 0 fully saturated rings. The molecule has 2 rings (SSSR count). The Balaban J connectivity index is 1.88. The maximum absolute atomic E-state index is 8.75. The average Bonchev–Trinajstić information content (AvgIpc) is 2.80. The molecule has 0 aromatic heterocycles. The molecular formula is C12H15NO5. The molecule has 6 nitrogen and oxygen atoms in total. The zero-order valence-electron chi connectivity index (χ0n) is 9.83. The molecule has 0 amide bonds.